The van der Waals surface area contributed by atoms with Crippen LogP contribution < -0.4 is 14.8 Å². The lowest BCUT2D eigenvalue weighted by atomic mass is 9.76. The molecule has 0 bridgehead atoms. The summed E-state index contributed by atoms with van der Waals surface area (Å²) in [5.74, 6) is 2.34. The van der Waals surface area contributed by atoms with Gasteiger partial charge in [0.15, 0.2) is 11.5 Å². The van der Waals surface area contributed by atoms with Crippen molar-refractivity contribution in [2.75, 3.05) is 12.4 Å². The van der Waals surface area contributed by atoms with Crippen LogP contribution in [0.25, 0.3) is 10.8 Å². The highest BCUT2D eigenvalue weighted by Crippen LogP contribution is 2.52. The molecule has 6 rings (SSSR count). The molecular formula is C30H26BrNO2. The third-order valence-corrected chi connectivity index (χ3v) is 7.69. The van der Waals surface area contributed by atoms with Gasteiger partial charge in [-0.3, -0.25) is 0 Å². The van der Waals surface area contributed by atoms with Gasteiger partial charge in [0, 0.05) is 17.0 Å². The number of allylic oxidation sites excluding steroid dienone is 2. The molecule has 1 aliphatic heterocycles. The predicted molar refractivity (Wildman–Crippen MR) is 142 cm³/mol. The van der Waals surface area contributed by atoms with Crippen molar-refractivity contribution in [1.29, 1.82) is 0 Å². The average molecular weight is 512 g/mol. The Hall–Kier alpha value is -3.24. The highest BCUT2D eigenvalue weighted by Gasteiger charge is 2.39. The molecule has 1 heterocycles. The van der Waals surface area contributed by atoms with E-state index in [1.807, 2.05) is 18.2 Å². The van der Waals surface area contributed by atoms with E-state index in [4.69, 9.17) is 9.47 Å². The van der Waals surface area contributed by atoms with Gasteiger partial charge < -0.3 is 14.8 Å². The number of fused-ring (bicyclic) bond motifs is 5. The number of rotatable bonds is 5. The van der Waals surface area contributed by atoms with Crippen molar-refractivity contribution in [2.45, 2.75) is 25.0 Å². The second kappa shape index (κ2) is 8.84. The summed E-state index contributed by atoms with van der Waals surface area (Å²) in [6, 6.07) is 27.8. The molecule has 34 heavy (non-hydrogen) atoms. The second-order valence-corrected chi connectivity index (χ2v) is 9.89. The number of methoxy groups -OCH3 is 1. The molecule has 0 saturated carbocycles. The highest BCUT2D eigenvalue weighted by atomic mass is 79.9. The van der Waals surface area contributed by atoms with Gasteiger partial charge in [0.05, 0.1) is 17.6 Å². The fourth-order valence-electron chi connectivity index (χ4n) is 5.46. The monoisotopic (exact) mass is 511 g/mol. The van der Waals surface area contributed by atoms with Crippen LogP contribution in [0, 0.1) is 5.92 Å². The normalized spacial score (nSPS) is 20.5. The van der Waals surface area contributed by atoms with Crippen LogP contribution >= 0.6 is 15.9 Å². The molecule has 4 aromatic carbocycles. The van der Waals surface area contributed by atoms with Crippen molar-refractivity contribution in [3.8, 4) is 11.5 Å². The molecule has 1 aliphatic carbocycles. The van der Waals surface area contributed by atoms with Crippen LogP contribution in [0.3, 0.4) is 0 Å². The molecule has 0 amide bonds. The summed E-state index contributed by atoms with van der Waals surface area (Å²) in [5, 5.41) is 6.46. The number of hydrogen-bond acceptors (Lipinski definition) is 3. The first kappa shape index (κ1) is 21.3. The third-order valence-electron chi connectivity index (χ3n) is 7.10. The molecule has 170 valence electrons. The molecule has 4 heteroatoms. The summed E-state index contributed by atoms with van der Waals surface area (Å²) in [4.78, 5) is 0. The van der Waals surface area contributed by atoms with Crippen LogP contribution in [0.15, 0.2) is 95.5 Å². The minimum atomic E-state index is 0.173. The van der Waals surface area contributed by atoms with E-state index < -0.39 is 0 Å². The minimum absolute atomic E-state index is 0.173. The Labute approximate surface area is 208 Å². The van der Waals surface area contributed by atoms with E-state index in [1.54, 1.807) is 7.11 Å². The van der Waals surface area contributed by atoms with Gasteiger partial charge in [0.25, 0.3) is 0 Å². The Balaban J connectivity index is 1.38. The largest absolute Gasteiger partial charge is 0.493 e. The number of anilines is 1. The first-order valence-corrected chi connectivity index (χ1v) is 12.5. The second-order valence-electron chi connectivity index (χ2n) is 9.03. The van der Waals surface area contributed by atoms with E-state index in [0.29, 0.717) is 18.4 Å². The van der Waals surface area contributed by atoms with Crippen molar-refractivity contribution in [1.82, 2.24) is 0 Å². The van der Waals surface area contributed by atoms with Crippen molar-refractivity contribution < 1.29 is 9.47 Å². The van der Waals surface area contributed by atoms with Crippen molar-refractivity contribution in [2.24, 2.45) is 5.92 Å². The number of hydrogen-bond donors (Lipinski definition) is 1. The van der Waals surface area contributed by atoms with Crippen molar-refractivity contribution in [3.05, 3.63) is 112 Å². The van der Waals surface area contributed by atoms with E-state index in [1.165, 1.54) is 27.6 Å². The van der Waals surface area contributed by atoms with E-state index >= 15 is 0 Å². The Bertz CT molecular complexity index is 1380. The van der Waals surface area contributed by atoms with E-state index in [-0.39, 0.29) is 6.04 Å². The summed E-state index contributed by atoms with van der Waals surface area (Å²) in [6.45, 7) is 0.491. The summed E-state index contributed by atoms with van der Waals surface area (Å²) in [7, 11) is 1.71. The first-order valence-electron chi connectivity index (χ1n) is 11.7. The van der Waals surface area contributed by atoms with Crippen LogP contribution in [0.5, 0.6) is 11.5 Å². The summed E-state index contributed by atoms with van der Waals surface area (Å²) in [6.07, 6.45) is 5.77. The Morgan fingerprint density at radius 3 is 2.65 bits per heavy atom. The molecule has 2 aliphatic rings. The van der Waals surface area contributed by atoms with Crippen LogP contribution in [0.2, 0.25) is 0 Å². The van der Waals surface area contributed by atoms with Gasteiger partial charge in [-0.15, -0.1) is 0 Å². The first-order chi connectivity index (χ1) is 16.7. The number of halogens is 1. The lowest BCUT2D eigenvalue weighted by Gasteiger charge is -2.38. The standard InChI is InChI=1S/C30H26BrNO2/c1-33-27-17-21(16-26(31)30(27)34-18-19-8-3-2-4-9-19)28-24-13-7-12-23(24)25-15-14-20-10-5-6-11-22(20)29(25)32-28/h2-12,14-17,23-24,28,32H,13,18H2,1H3/t23-,24+,28+/m1/s1. The number of nitrogens with one attached hydrogen (secondary N) is 1. The SMILES string of the molecule is COc1cc([C@@H]2Nc3c(ccc4ccccc34)[C@@H]3C=CC[C@@H]32)cc(Br)c1OCc1ccccc1. The van der Waals surface area contributed by atoms with Gasteiger partial charge in [-0.25, -0.2) is 0 Å². The van der Waals surface area contributed by atoms with Gasteiger partial charge in [0.2, 0.25) is 0 Å². The van der Waals surface area contributed by atoms with Crippen LogP contribution in [0.1, 0.15) is 35.1 Å². The van der Waals surface area contributed by atoms with Gasteiger partial charge in [-0.05, 0) is 62.5 Å². The molecule has 0 spiro atoms. The number of benzene rings is 4. The predicted octanol–water partition coefficient (Wildman–Crippen LogP) is 8.02. The molecular weight excluding hydrogens is 486 g/mol. The zero-order chi connectivity index (χ0) is 23.1. The lowest BCUT2D eigenvalue weighted by molar-refractivity contribution is 0.282. The van der Waals surface area contributed by atoms with E-state index in [0.717, 1.165) is 28.0 Å². The van der Waals surface area contributed by atoms with Crippen LogP contribution in [-0.4, -0.2) is 7.11 Å². The molecule has 0 fully saturated rings. The molecule has 0 aromatic heterocycles. The molecule has 3 atom stereocenters. The van der Waals surface area contributed by atoms with E-state index in [2.05, 4.69) is 94.1 Å². The lowest BCUT2D eigenvalue weighted by Crippen LogP contribution is -2.29. The Morgan fingerprint density at radius 1 is 0.971 bits per heavy atom. The summed E-state index contributed by atoms with van der Waals surface area (Å²) < 4.78 is 12.9. The molecule has 0 saturated heterocycles. The summed E-state index contributed by atoms with van der Waals surface area (Å²) in [5.41, 5.74) is 4.96. The van der Waals surface area contributed by atoms with Crippen molar-refractivity contribution in [3.63, 3.8) is 0 Å². The number of ether oxygens (including phenoxy) is 2. The quantitative estimate of drug-likeness (QED) is 0.275. The molecule has 4 aromatic rings. The van der Waals surface area contributed by atoms with Gasteiger partial charge >= 0.3 is 0 Å². The third kappa shape index (κ3) is 3.67. The topological polar surface area (TPSA) is 30.5 Å². The molecule has 0 radical (unpaired) electrons. The Kier molecular flexibility index (Phi) is 5.54. The average Bonchev–Trinajstić information content (AvgIpc) is 3.38. The fourth-order valence-corrected chi connectivity index (χ4v) is 6.03. The molecule has 1 N–H and O–H groups in total. The van der Waals surface area contributed by atoms with Gasteiger partial charge in [-0.2, -0.15) is 0 Å². The maximum Gasteiger partial charge on any atom is 0.175 e. The van der Waals surface area contributed by atoms with E-state index in [9.17, 15) is 0 Å². The Morgan fingerprint density at radius 2 is 1.79 bits per heavy atom. The smallest absolute Gasteiger partial charge is 0.175 e. The van der Waals surface area contributed by atoms with Crippen LogP contribution in [0.4, 0.5) is 5.69 Å². The zero-order valence-corrected chi connectivity index (χ0v) is 20.6. The highest BCUT2D eigenvalue weighted by molar-refractivity contribution is 9.10. The maximum absolute atomic E-state index is 6.18. The maximum atomic E-state index is 6.18. The molecule has 0 unspecified atom stereocenters. The van der Waals surface area contributed by atoms with Gasteiger partial charge in [-0.1, -0.05) is 78.9 Å². The van der Waals surface area contributed by atoms with Gasteiger partial charge in [0.1, 0.15) is 6.61 Å². The zero-order valence-electron chi connectivity index (χ0n) is 19.0. The fraction of sp³-hybridized carbons (Fsp3) is 0.200. The summed E-state index contributed by atoms with van der Waals surface area (Å²) >= 11 is 3.77. The molecule has 3 nitrogen and oxygen atoms in total. The van der Waals surface area contributed by atoms with Crippen molar-refractivity contribution >= 4 is 32.4 Å². The minimum Gasteiger partial charge on any atom is -0.493 e. The van der Waals surface area contributed by atoms with Crippen LogP contribution in [-0.2, 0) is 6.61 Å².